The highest BCUT2D eigenvalue weighted by atomic mass is 19.1. The first-order valence-corrected chi connectivity index (χ1v) is 11.4. The van der Waals surface area contributed by atoms with Gasteiger partial charge in [0.05, 0.1) is 43.1 Å². The van der Waals surface area contributed by atoms with Crippen LogP contribution in [0.2, 0.25) is 0 Å². The second-order valence-corrected chi connectivity index (χ2v) is 8.69. The summed E-state index contributed by atoms with van der Waals surface area (Å²) in [4.78, 5) is 4.26. The zero-order valence-electron chi connectivity index (χ0n) is 18.6. The molecule has 5 rings (SSSR count). The molecule has 0 saturated heterocycles. The topological polar surface area (TPSA) is 124 Å². The van der Waals surface area contributed by atoms with Crippen LogP contribution in [0.4, 0.5) is 10.2 Å². The Hall–Kier alpha value is -3.50. The molecule has 0 bridgehead atoms. The van der Waals surface area contributed by atoms with Crippen LogP contribution in [0.15, 0.2) is 48.9 Å². The van der Waals surface area contributed by atoms with Crippen LogP contribution in [0.1, 0.15) is 31.7 Å². The maximum absolute atomic E-state index is 14.0. The molecule has 4 aromatic rings. The van der Waals surface area contributed by atoms with Crippen molar-refractivity contribution in [2.24, 2.45) is 0 Å². The molecule has 0 unspecified atom stereocenters. The summed E-state index contributed by atoms with van der Waals surface area (Å²) in [5.41, 5.74) is 8.41. The SMILES string of the molecule is Nc1cc2c(cn1)c(-c1cnn(C[C@@H](O)CO)c1)nn2C1CCC(Oc2ccccc2F)CC1. The third kappa shape index (κ3) is 4.46. The van der Waals surface area contributed by atoms with Gasteiger partial charge in [0.1, 0.15) is 11.5 Å². The molecular weight excluding hydrogens is 439 g/mol. The number of aromatic nitrogens is 5. The number of aliphatic hydroxyl groups excluding tert-OH is 2. The predicted octanol–water partition coefficient (Wildman–Crippen LogP) is 2.93. The molecule has 0 amide bonds. The number of nitrogens with zero attached hydrogens (tertiary/aromatic N) is 5. The minimum Gasteiger partial charge on any atom is -0.487 e. The summed E-state index contributed by atoms with van der Waals surface area (Å²) in [6.07, 6.45) is 7.50. The summed E-state index contributed by atoms with van der Waals surface area (Å²) < 4.78 is 23.5. The quantitative estimate of drug-likeness (QED) is 0.382. The van der Waals surface area contributed by atoms with Crippen molar-refractivity contribution in [2.45, 2.75) is 50.5 Å². The van der Waals surface area contributed by atoms with Gasteiger partial charge in [0.25, 0.3) is 0 Å². The Kier molecular flexibility index (Phi) is 6.16. The Morgan fingerprint density at radius 2 is 1.97 bits per heavy atom. The van der Waals surface area contributed by atoms with E-state index in [1.165, 1.54) is 6.07 Å². The van der Waals surface area contributed by atoms with E-state index in [4.69, 9.17) is 20.7 Å². The monoisotopic (exact) mass is 466 g/mol. The van der Waals surface area contributed by atoms with Gasteiger partial charge in [0, 0.05) is 29.4 Å². The molecule has 1 aliphatic carbocycles. The molecule has 3 heterocycles. The number of rotatable bonds is 7. The first kappa shape index (κ1) is 22.3. The molecule has 1 aromatic carbocycles. The van der Waals surface area contributed by atoms with Gasteiger partial charge in [-0.05, 0) is 37.8 Å². The van der Waals surface area contributed by atoms with Crippen molar-refractivity contribution < 1.29 is 19.3 Å². The van der Waals surface area contributed by atoms with Gasteiger partial charge in [-0.15, -0.1) is 0 Å². The maximum Gasteiger partial charge on any atom is 0.165 e. The Morgan fingerprint density at radius 1 is 1.18 bits per heavy atom. The molecule has 1 fully saturated rings. The van der Waals surface area contributed by atoms with Gasteiger partial charge in [-0.1, -0.05) is 12.1 Å². The predicted molar refractivity (Wildman–Crippen MR) is 125 cm³/mol. The average molecular weight is 467 g/mol. The second-order valence-electron chi connectivity index (χ2n) is 8.69. The van der Waals surface area contributed by atoms with E-state index < -0.39 is 6.10 Å². The number of hydrogen-bond acceptors (Lipinski definition) is 7. The van der Waals surface area contributed by atoms with Crippen molar-refractivity contribution in [2.75, 3.05) is 12.3 Å². The van der Waals surface area contributed by atoms with Crippen LogP contribution in [-0.2, 0) is 6.54 Å². The van der Waals surface area contributed by atoms with Gasteiger partial charge in [-0.3, -0.25) is 9.36 Å². The summed E-state index contributed by atoms with van der Waals surface area (Å²) >= 11 is 0. The number of para-hydroxylation sites is 1. The number of benzene rings is 1. The molecule has 10 heteroatoms. The minimum atomic E-state index is -0.884. The fraction of sp³-hybridized carbons (Fsp3) is 0.375. The molecule has 0 radical (unpaired) electrons. The summed E-state index contributed by atoms with van der Waals surface area (Å²) in [6, 6.07) is 8.46. The fourth-order valence-corrected chi connectivity index (χ4v) is 4.53. The van der Waals surface area contributed by atoms with Crippen molar-refractivity contribution >= 4 is 16.7 Å². The molecule has 1 atom stereocenters. The molecule has 0 spiro atoms. The average Bonchev–Trinajstić information content (AvgIpc) is 3.45. The normalized spacial score (nSPS) is 19.4. The standard InChI is InChI=1S/C24H27FN6O3/c25-20-3-1-2-4-22(20)34-18-7-5-16(6-8-18)31-21-9-23(26)27-11-19(21)24(29-31)15-10-28-30(12-15)13-17(33)14-32/h1-4,9-12,16-18,32-33H,5-8,13-14H2,(H2,26,27)/t16?,17-,18?/m1/s1. The molecule has 1 aliphatic rings. The highest BCUT2D eigenvalue weighted by Gasteiger charge is 2.27. The van der Waals surface area contributed by atoms with Crippen molar-refractivity contribution in [1.82, 2.24) is 24.5 Å². The third-order valence-electron chi connectivity index (χ3n) is 6.25. The minimum absolute atomic E-state index is 0.0441. The summed E-state index contributed by atoms with van der Waals surface area (Å²) in [5, 5.41) is 28.9. The molecule has 34 heavy (non-hydrogen) atoms. The summed E-state index contributed by atoms with van der Waals surface area (Å²) in [6.45, 7) is -0.147. The lowest BCUT2D eigenvalue weighted by Crippen LogP contribution is -2.26. The molecule has 4 N–H and O–H groups in total. The molecule has 1 saturated carbocycles. The van der Waals surface area contributed by atoms with Gasteiger partial charge >= 0.3 is 0 Å². The highest BCUT2D eigenvalue weighted by molar-refractivity contribution is 5.93. The van der Waals surface area contributed by atoms with E-state index >= 15 is 0 Å². The van der Waals surface area contributed by atoms with Gasteiger partial charge in [-0.2, -0.15) is 10.2 Å². The van der Waals surface area contributed by atoms with Crippen LogP contribution in [0, 0.1) is 5.82 Å². The zero-order chi connectivity index (χ0) is 23.7. The number of hydrogen-bond donors (Lipinski definition) is 3. The van der Waals surface area contributed by atoms with E-state index in [2.05, 4.69) is 10.1 Å². The van der Waals surface area contributed by atoms with E-state index in [9.17, 15) is 9.50 Å². The van der Waals surface area contributed by atoms with E-state index in [1.807, 2.05) is 10.7 Å². The highest BCUT2D eigenvalue weighted by Crippen LogP contribution is 2.36. The molecule has 3 aromatic heterocycles. The Bertz CT molecular complexity index is 1280. The van der Waals surface area contributed by atoms with E-state index in [0.717, 1.165) is 47.8 Å². The Labute approximate surface area is 195 Å². The van der Waals surface area contributed by atoms with Crippen molar-refractivity contribution in [3.8, 4) is 17.0 Å². The van der Waals surface area contributed by atoms with Crippen LogP contribution < -0.4 is 10.5 Å². The molecule has 178 valence electrons. The molecule has 0 aliphatic heterocycles. The lowest BCUT2D eigenvalue weighted by atomic mass is 9.93. The van der Waals surface area contributed by atoms with E-state index in [-0.39, 0.29) is 31.1 Å². The van der Waals surface area contributed by atoms with E-state index in [0.29, 0.717) is 11.6 Å². The van der Waals surface area contributed by atoms with E-state index in [1.54, 1.807) is 41.5 Å². The number of fused-ring (bicyclic) bond motifs is 1. The van der Waals surface area contributed by atoms with Gasteiger partial charge in [0.2, 0.25) is 0 Å². The van der Waals surface area contributed by atoms with Gasteiger partial charge < -0.3 is 20.7 Å². The van der Waals surface area contributed by atoms with Crippen molar-refractivity contribution in [3.05, 3.63) is 54.7 Å². The number of nitrogens with two attached hydrogens (primary N) is 1. The van der Waals surface area contributed by atoms with Crippen LogP contribution >= 0.6 is 0 Å². The Morgan fingerprint density at radius 3 is 2.74 bits per heavy atom. The van der Waals surface area contributed by atoms with Crippen LogP contribution in [0.3, 0.4) is 0 Å². The van der Waals surface area contributed by atoms with Gasteiger partial charge in [0.15, 0.2) is 11.6 Å². The van der Waals surface area contributed by atoms with Crippen molar-refractivity contribution in [1.29, 1.82) is 0 Å². The van der Waals surface area contributed by atoms with Gasteiger partial charge in [-0.25, -0.2) is 9.37 Å². The zero-order valence-corrected chi connectivity index (χ0v) is 18.6. The first-order chi connectivity index (χ1) is 16.5. The summed E-state index contributed by atoms with van der Waals surface area (Å²) in [5.74, 6) is 0.362. The number of aliphatic hydroxyl groups is 2. The first-order valence-electron chi connectivity index (χ1n) is 11.4. The number of halogens is 1. The maximum atomic E-state index is 14.0. The van der Waals surface area contributed by atoms with Crippen LogP contribution in [0.25, 0.3) is 22.2 Å². The number of pyridine rings is 1. The fourth-order valence-electron chi connectivity index (χ4n) is 4.53. The molecular formula is C24H27FN6O3. The third-order valence-corrected chi connectivity index (χ3v) is 6.25. The second kappa shape index (κ2) is 9.40. The number of ether oxygens (including phenoxy) is 1. The lowest BCUT2D eigenvalue weighted by molar-refractivity contribution is 0.0783. The number of anilines is 1. The number of nitrogen functional groups attached to an aromatic ring is 1. The summed E-state index contributed by atoms with van der Waals surface area (Å²) in [7, 11) is 0. The lowest BCUT2D eigenvalue weighted by Gasteiger charge is -2.29. The van der Waals surface area contributed by atoms with Crippen LogP contribution in [-0.4, -0.2) is 53.6 Å². The smallest absolute Gasteiger partial charge is 0.165 e. The largest absolute Gasteiger partial charge is 0.487 e. The molecule has 9 nitrogen and oxygen atoms in total. The van der Waals surface area contributed by atoms with Crippen molar-refractivity contribution in [3.63, 3.8) is 0 Å². The van der Waals surface area contributed by atoms with Crippen LogP contribution in [0.5, 0.6) is 5.75 Å². The Balaban J connectivity index is 1.38.